The van der Waals surface area contributed by atoms with Crippen molar-refractivity contribution in [1.82, 2.24) is 19.7 Å². The summed E-state index contributed by atoms with van der Waals surface area (Å²) in [5, 5.41) is 8.03. The molecule has 2 heterocycles. The number of hydrogen-bond donors (Lipinski definition) is 1. The Labute approximate surface area is 105 Å². The average molecular weight is 252 g/mol. The van der Waals surface area contributed by atoms with Gasteiger partial charge in [-0.1, -0.05) is 11.6 Å². The Morgan fingerprint density at radius 2 is 1.94 bits per heavy atom. The molecule has 17 heavy (non-hydrogen) atoms. The second kappa shape index (κ2) is 4.33. The fraction of sp³-hybridized carbons (Fsp3) is 0.364. The van der Waals surface area contributed by atoms with Gasteiger partial charge in [-0.15, -0.1) is 0 Å². The highest BCUT2D eigenvalue weighted by atomic mass is 35.5. The third kappa shape index (κ3) is 2.10. The monoisotopic (exact) mass is 251 g/mol. The summed E-state index contributed by atoms with van der Waals surface area (Å²) in [5.74, 6) is 2.17. The van der Waals surface area contributed by atoms with Crippen molar-refractivity contribution >= 4 is 17.4 Å². The van der Waals surface area contributed by atoms with Crippen molar-refractivity contribution in [1.29, 1.82) is 0 Å². The maximum Gasteiger partial charge on any atom is 0.159 e. The third-order valence-electron chi connectivity index (χ3n) is 2.50. The minimum Gasteiger partial charge on any atom is -0.373 e. The van der Waals surface area contributed by atoms with Crippen molar-refractivity contribution in [3.05, 3.63) is 28.3 Å². The molecule has 0 fully saturated rings. The van der Waals surface area contributed by atoms with Gasteiger partial charge in [-0.2, -0.15) is 5.10 Å². The molecule has 0 atom stereocenters. The minimum atomic E-state index is 0.673. The Morgan fingerprint density at radius 3 is 2.47 bits per heavy atom. The van der Waals surface area contributed by atoms with Crippen molar-refractivity contribution in [3.8, 4) is 5.82 Å². The van der Waals surface area contributed by atoms with Crippen LogP contribution < -0.4 is 5.32 Å². The van der Waals surface area contributed by atoms with E-state index in [0.717, 1.165) is 17.2 Å². The van der Waals surface area contributed by atoms with Crippen LogP contribution in [0.3, 0.4) is 0 Å². The van der Waals surface area contributed by atoms with E-state index in [1.165, 1.54) is 0 Å². The molecule has 0 aromatic carbocycles. The molecule has 0 saturated heterocycles. The normalized spacial score (nSPS) is 10.6. The highest BCUT2D eigenvalue weighted by Crippen LogP contribution is 2.22. The van der Waals surface area contributed by atoms with E-state index in [1.807, 2.05) is 33.9 Å². The molecule has 0 aliphatic rings. The zero-order valence-corrected chi connectivity index (χ0v) is 11.0. The molecule has 0 aliphatic heterocycles. The summed E-state index contributed by atoms with van der Waals surface area (Å²) >= 11 is 6.12. The van der Waals surface area contributed by atoms with E-state index in [0.29, 0.717) is 16.7 Å². The van der Waals surface area contributed by atoms with Crippen LogP contribution in [0.4, 0.5) is 5.82 Å². The lowest BCUT2D eigenvalue weighted by Crippen LogP contribution is -2.06. The van der Waals surface area contributed by atoms with Gasteiger partial charge >= 0.3 is 0 Å². The number of rotatable bonds is 2. The van der Waals surface area contributed by atoms with Crippen LogP contribution in [0, 0.1) is 20.8 Å². The van der Waals surface area contributed by atoms with E-state index in [-0.39, 0.29) is 0 Å². The lowest BCUT2D eigenvalue weighted by atomic mass is 10.4. The van der Waals surface area contributed by atoms with Gasteiger partial charge in [0.2, 0.25) is 0 Å². The molecule has 0 saturated carbocycles. The van der Waals surface area contributed by atoms with Crippen molar-refractivity contribution in [2.75, 3.05) is 12.4 Å². The molecule has 0 radical (unpaired) electrons. The fourth-order valence-electron chi connectivity index (χ4n) is 1.64. The van der Waals surface area contributed by atoms with Gasteiger partial charge in [-0.3, -0.25) is 0 Å². The molecule has 0 spiro atoms. The molecule has 1 N–H and O–H groups in total. The summed E-state index contributed by atoms with van der Waals surface area (Å²) in [6, 6.07) is 1.84. The SMILES string of the molecule is CNc1cc(-n2nc(C)c(Cl)c2C)nc(C)n1. The number of nitrogens with zero attached hydrogens (tertiary/aromatic N) is 4. The van der Waals surface area contributed by atoms with Gasteiger partial charge < -0.3 is 5.32 Å². The Bertz CT molecular complexity index is 561. The highest BCUT2D eigenvalue weighted by molar-refractivity contribution is 6.31. The zero-order chi connectivity index (χ0) is 12.6. The smallest absolute Gasteiger partial charge is 0.159 e. The molecule has 0 unspecified atom stereocenters. The van der Waals surface area contributed by atoms with Gasteiger partial charge in [-0.25, -0.2) is 14.6 Å². The van der Waals surface area contributed by atoms with Crippen LogP contribution in [-0.2, 0) is 0 Å². The molecule has 2 aromatic heterocycles. The van der Waals surface area contributed by atoms with Gasteiger partial charge in [0.1, 0.15) is 11.6 Å². The van der Waals surface area contributed by atoms with Crippen LogP contribution in [0.5, 0.6) is 0 Å². The number of aromatic nitrogens is 4. The van der Waals surface area contributed by atoms with E-state index in [4.69, 9.17) is 11.6 Å². The summed E-state index contributed by atoms with van der Waals surface area (Å²) in [6.45, 7) is 5.63. The molecule has 0 bridgehead atoms. The van der Waals surface area contributed by atoms with Crippen LogP contribution >= 0.6 is 11.6 Å². The van der Waals surface area contributed by atoms with Gasteiger partial charge in [0.15, 0.2) is 5.82 Å². The van der Waals surface area contributed by atoms with E-state index in [9.17, 15) is 0 Å². The molecule has 0 amide bonds. The third-order valence-corrected chi connectivity index (χ3v) is 3.05. The predicted molar refractivity (Wildman–Crippen MR) is 67.9 cm³/mol. The van der Waals surface area contributed by atoms with Crippen molar-refractivity contribution in [2.45, 2.75) is 20.8 Å². The fourth-order valence-corrected chi connectivity index (χ4v) is 1.75. The van der Waals surface area contributed by atoms with Crippen molar-refractivity contribution < 1.29 is 0 Å². The van der Waals surface area contributed by atoms with Gasteiger partial charge in [0.25, 0.3) is 0 Å². The predicted octanol–water partition coefficient (Wildman–Crippen LogP) is 2.28. The van der Waals surface area contributed by atoms with Crippen LogP contribution in [0.25, 0.3) is 5.82 Å². The first kappa shape index (κ1) is 11.9. The van der Waals surface area contributed by atoms with Gasteiger partial charge in [-0.05, 0) is 20.8 Å². The molecule has 2 rings (SSSR count). The Kier molecular flexibility index (Phi) is 3.02. The van der Waals surface area contributed by atoms with Crippen LogP contribution in [0.2, 0.25) is 5.02 Å². The summed E-state index contributed by atoms with van der Waals surface area (Å²) in [5.41, 5.74) is 1.68. The Hall–Kier alpha value is -1.62. The molecular formula is C11H14ClN5. The van der Waals surface area contributed by atoms with Crippen molar-refractivity contribution in [3.63, 3.8) is 0 Å². The number of nitrogens with one attached hydrogen (secondary N) is 1. The summed E-state index contributed by atoms with van der Waals surface area (Å²) in [4.78, 5) is 8.60. The quantitative estimate of drug-likeness (QED) is 0.890. The maximum absolute atomic E-state index is 6.12. The molecular weight excluding hydrogens is 238 g/mol. The van der Waals surface area contributed by atoms with Crippen LogP contribution in [0.15, 0.2) is 6.07 Å². The summed E-state index contributed by atoms with van der Waals surface area (Å²) < 4.78 is 1.73. The number of anilines is 1. The second-order valence-corrected chi connectivity index (χ2v) is 4.18. The first-order valence-electron chi connectivity index (χ1n) is 5.28. The molecule has 2 aromatic rings. The largest absolute Gasteiger partial charge is 0.373 e. The Morgan fingerprint density at radius 1 is 1.24 bits per heavy atom. The molecule has 5 nitrogen and oxygen atoms in total. The minimum absolute atomic E-state index is 0.673. The second-order valence-electron chi connectivity index (χ2n) is 3.81. The molecule has 0 aliphatic carbocycles. The highest BCUT2D eigenvalue weighted by Gasteiger charge is 2.12. The molecule has 90 valence electrons. The van der Waals surface area contributed by atoms with Crippen molar-refractivity contribution in [2.24, 2.45) is 0 Å². The zero-order valence-electron chi connectivity index (χ0n) is 10.2. The van der Waals surface area contributed by atoms with E-state index >= 15 is 0 Å². The van der Waals surface area contributed by atoms with Crippen LogP contribution in [-0.4, -0.2) is 26.8 Å². The topological polar surface area (TPSA) is 55.6 Å². The number of halogens is 1. The average Bonchev–Trinajstić information content (AvgIpc) is 2.56. The van der Waals surface area contributed by atoms with E-state index < -0.39 is 0 Å². The summed E-state index contributed by atoms with van der Waals surface area (Å²) in [6.07, 6.45) is 0. The first-order valence-corrected chi connectivity index (χ1v) is 5.66. The van der Waals surface area contributed by atoms with Gasteiger partial charge in [0, 0.05) is 13.1 Å². The lowest BCUT2D eigenvalue weighted by molar-refractivity contribution is 0.793. The van der Waals surface area contributed by atoms with Gasteiger partial charge in [0.05, 0.1) is 16.4 Å². The van der Waals surface area contributed by atoms with Crippen LogP contribution in [0.1, 0.15) is 17.2 Å². The van der Waals surface area contributed by atoms with E-state index in [1.54, 1.807) is 4.68 Å². The van der Waals surface area contributed by atoms with E-state index in [2.05, 4.69) is 20.4 Å². The standard InChI is InChI=1S/C11H14ClN5/c1-6-11(12)7(2)17(16-6)10-5-9(13-4)14-8(3)15-10/h5H,1-4H3,(H,13,14,15). The summed E-state index contributed by atoms with van der Waals surface area (Å²) in [7, 11) is 1.82. The lowest BCUT2D eigenvalue weighted by Gasteiger charge is -2.06. The maximum atomic E-state index is 6.12. The number of hydrogen-bond acceptors (Lipinski definition) is 4. The number of aryl methyl sites for hydroxylation is 2. The molecule has 6 heteroatoms. The first-order chi connectivity index (χ1) is 8.02. The Balaban J connectivity index is 2.59.